The molecular weight excluding hydrogens is 556 g/mol. The zero-order valence-corrected chi connectivity index (χ0v) is 24.3. The van der Waals surface area contributed by atoms with Gasteiger partial charge in [-0.2, -0.15) is 0 Å². The van der Waals surface area contributed by atoms with Crippen LogP contribution in [0.15, 0.2) is 95.9 Å². The van der Waals surface area contributed by atoms with Gasteiger partial charge in [-0.05, 0) is 47.0 Å². The molecule has 218 valence electrons. The van der Waals surface area contributed by atoms with Crippen LogP contribution >= 0.6 is 12.2 Å². The maximum atomic E-state index is 12.6. The molecule has 1 aliphatic heterocycles. The van der Waals surface area contributed by atoms with Crippen molar-refractivity contribution in [3.8, 4) is 11.5 Å². The van der Waals surface area contributed by atoms with Gasteiger partial charge in [0.05, 0.1) is 20.8 Å². The van der Waals surface area contributed by atoms with E-state index in [2.05, 4.69) is 4.98 Å². The van der Waals surface area contributed by atoms with Crippen molar-refractivity contribution in [3.05, 3.63) is 123 Å². The molecule has 0 amide bonds. The third-order valence-corrected chi connectivity index (χ3v) is 7.53. The van der Waals surface area contributed by atoms with E-state index in [1.807, 2.05) is 78.9 Å². The van der Waals surface area contributed by atoms with Crippen molar-refractivity contribution in [1.82, 2.24) is 9.55 Å². The second-order valence-corrected chi connectivity index (χ2v) is 10.3. The predicted molar refractivity (Wildman–Crippen MR) is 158 cm³/mol. The van der Waals surface area contributed by atoms with Crippen LogP contribution in [0.25, 0.3) is 0 Å². The van der Waals surface area contributed by atoms with Crippen molar-refractivity contribution >= 4 is 18.2 Å². The molecule has 0 spiro atoms. The molecule has 1 N–H and O–H groups in total. The molecular formula is C32H32N2O7S. The van der Waals surface area contributed by atoms with Crippen LogP contribution in [0, 0.1) is 4.64 Å². The van der Waals surface area contributed by atoms with Crippen LogP contribution in [-0.4, -0.2) is 48.6 Å². The Bertz CT molecular complexity index is 1570. The van der Waals surface area contributed by atoms with Crippen molar-refractivity contribution in [2.24, 2.45) is 0 Å². The van der Waals surface area contributed by atoms with Crippen molar-refractivity contribution in [3.63, 3.8) is 0 Å². The van der Waals surface area contributed by atoms with Gasteiger partial charge in [-0.3, -0.25) is 14.3 Å². The number of rotatable bonds is 10. The third kappa shape index (κ3) is 6.01. The van der Waals surface area contributed by atoms with E-state index in [1.54, 1.807) is 26.5 Å². The molecule has 0 radical (unpaired) electrons. The van der Waals surface area contributed by atoms with Crippen LogP contribution in [0.4, 0.5) is 0 Å². The Morgan fingerprint density at radius 3 is 2.02 bits per heavy atom. The Hall–Kier alpha value is -4.25. The number of ether oxygens (including phenoxy) is 5. The first-order chi connectivity index (χ1) is 20.3. The maximum absolute atomic E-state index is 12.6. The van der Waals surface area contributed by atoms with Crippen molar-refractivity contribution < 1.29 is 28.5 Å². The monoisotopic (exact) mass is 588 g/mol. The molecule has 5 rings (SSSR count). The minimum absolute atomic E-state index is 0.0407. The fraction of sp³-hybridized carbons (Fsp3) is 0.281. The summed E-state index contributed by atoms with van der Waals surface area (Å²) in [5.41, 5.74) is 1.09. The molecule has 3 atom stereocenters. The number of hydrogen-bond acceptors (Lipinski definition) is 8. The lowest BCUT2D eigenvalue weighted by molar-refractivity contribution is -0.153. The van der Waals surface area contributed by atoms with E-state index in [-0.39, 0.29) is 13.0 Å². The number of H-pyrrole nitrogens is 1. The zero-order valence-electron chi connectivity index (χ0n) is 23.5. The Morgan fingerprint density at radius 2 is 1.50 bits per heavy atom. The number of carbonyl (C=O) groups is 1. The van der Waals surface area contributed by atoms with Crippen LogP contribution in [0.1, 0.15) is 36.3 Å². The SMILES string of the molecule is COc1ccc(C(OC[C@H]2O[C@@H](n3ccc(=S)[nH]c3=O)C[C@@H]2OC(C)=O)(c2ccccc2)c2ccc(OC)cc2)cc1. The molecule has 1 fully saturated rings. The van der Waals surface area contributed by atoms with Gasteiger partial charge in [-0.15, -0.1) is 0 Å². The Morgan fingerprint density at radius 1 is 0.929 bits per heavy atom. The number of esters is 1. The molecule has 10 heteroatoms. The first-order valence-corrected chi connectivity index (χ1v) is 13.9. The molecule has 0 unspecified atom stereocenters. The minimum Gasteiger partial charge on any atom is -0.497 e. The number of nitrogens with one attached hydrogen (secondary N) is 1. The van der Waals surface area contributed by atoms with Crippen molar-refractivity contribution in [2.75, 3.05) is 20.8 Å². The highest BCUT2D eigenvalue weighted by molar-refractivity contribution is 7.71. The highest BCUT2D eigenvalue weighted by Crippen LogP contribution is 2.43. The van der Waals surface area contributed by atoms with Gasteiger partial charge in [0, 0.05) is 19.5 Å². The lowest BCUT2D eigenvalue weighted by Gasteiger charge is -2.37. The molecule has 1 aliphatic rings. The molecule has 0 aliphatic carbocycles. The minimum atomic E-state index is -1.09. The standard InChI is InChI=1S/C32H32N2O7S/c1-21(35)40-27-19-30(34-18-17-29(42)33-31(34)36)41-28(27)20-39-32(22-7-5-4-6-8-22,23-9-13-25(37-2)14-10-23)24-11-15-26(38-3)16-12-24/h4-18,27-28,30H,19-20H2,1-3H3,(H,33,36,42)/t27-,28+,30+/m0/s1. The van der Waals surface area contributed by atoms with Gasteiger partial charge >= 0.3 is 11.7 Å². The van der Waals surface area contributed by atoms with Crippen molar-refractivity contribution in [2.45, 2.75) is 37.4 Å². The first-order valence-electron chi connectivity index (χ1n) is 13.5. The summed E-state index contributed by atoms with van der Waals surface area (Å²) in [5.74, 6) is 0.966. The molecule has 0 saturated carbocycles. The molecule has 3 aromatic carbocycles. The summed E-state index contributed by atoms with van der Waals surface area (Å²) in [6, 6.07) is 26.9. The average molecular weight is 589 g/mol. The summed E-state index contributed by atoms with van der Waals surface area (Å²) in [6.07, 6.45) is -0.170. The largest absolute Gasteiger partial charge is 0.497 e. The van der Waals surface area contributed by atoms with Gasteiger partial charge in [0.15, 0.2) is 0 Å². The van der Waals surface area contributed by atoms with Gasteiger partial charge in [-0.1, -0.05) is 66.8 Å². The highest BCUT2D eigenvalue weighted by atomic mass is 32.1. The average Bonchev–Trinajstić information content (AvgIpc) is 3.40. The van der Waals surface area contributed by atoms with Crippen LogP contribution in [-0.2, 0) is 24.6 Å². The van der Waals surface area contributed by atoms with Crippen molar-refractivity contribution in [1.29, 1.82) is 0 Å². The third-order valence-electron chi connectivity index (χ3n) is 7.30. The molecule has 42 heavy (non-hydrogen) atoms. The van der Waals surface area contributed by atoms with Gasteiger partial charge in [-0.25, -0.2) is 4.79 Å². The number of aromatic amines is 1. The van der Waals surface area contributed by atoms with E-state index in [0.29, 0.717) is 16.1 Å². The Labute approximate surface area is 248 Å². The number of nitrogens with zero attached hydrogens (tertiary/aromatic N) is 1. The fourth-order valence-electron chi connectivity index (χ4n) is 5.29. The van der Waals surface area contributed by atoms with E-state index in [9.17, 15) is 9.59 Å². The Kier molecular flexibility index (Phi) is 8.86. The van der Waals surface area contributed by atoms with E-state index in [0.717, 1.165) is 16.7 Å². The molecule has 0 bridgehead atoms. The zero-order chi connectivity index (χ0) is 29.7. The van der Waals surface area contributed by atoms with E-state index >= 15 is 0 Å². The smallest absolute Gasteiger partial charge is 0.328 e. The number of carbonyl (C=O) groups excluding carboxylic acids is 1. The van der Waals surface area contributed by atoms with Gasteiger partial charge < -0.3 is 23.7 Å². The number of hydrogen-bond donors (Lipinski definition) is 1. The molecule has 1 saturated heterocycles. The normalized spacial score (nSPS) is 18.4. The van der Waals surface area contributed by atoms with Crippen LogP contribution in [0.3, 0.4) is 0 Å². The van der Waals surface area contributed by atoms with Gasteiger partial charge in [0.25, 0.3) is 0 Å². The summed E-state index contributed by atoms with van der Waals surface area (Å²) >= 11 is 5.08. The van der Waals surface area contributed by atoms with Crippen LogP contribution < -0.4 is 15.2 Å². The predicted octanol–water partition coefficient (Wildman–Crippen LogP) is 5.15. The second kappa shape index (κ2) is 12.7. The summed E-state index contributed by atoms with van der Waals surface area (Å²) in [5, 5.41) is 0. The quantitative estimate of drug-likeness (QED) is 0.154. The molecule has 9 nitrogen and oxygen atoms in total. The lowest BCUT2D eigenvalue weighted by atomic mass is 9.80. The van der Waals surface area contributed by atoms with Crippen LogP contribution in [0.2, 0.25) is 0 Å². The second-order valence-electron chi connectivity index (χ2n) is 9.85. The fourth-order valence-corrected chi connectivity index (χ4v) is 5.44. The van der Waals surface area contributed by atoms with Gasteiger partial charge in [0.1, 0.15) is 40.2 Å². The first kappa shape index (κ1) is 29.2. The molecule has 4 aromatic rings. The number of methoxy groups -OCH3 is 2. The topological polar surface area (TPSA) is 101 Å². The molecule has 2 heterocycles. The van der Waals surface area contributed by atoms with E-state index in [4.69, 9.17) is 35.9 Å². The maximum Gasteiger partial charge on any atom is 0.328 e. The molecule has 1 aromatic heterocycles. The van der Waals surface area contributed by atoms with Crippen LogP contribution in [0.5, 0.6) is 11.5 Å². The number of benzene rings is 3. The summed E-state index contributed by atoms with van der Waals surface area (Å²) in [7, 11) is 3.24. The number of aromatic nitrogens is 2. The van der Waals surface area contributed by atoms with Gasteiger partial charge in [0.2, 0.25) is 0 Å². The summed E-state index contributed by atoms with van der Waals surface area (Å²) in [6.45, 7) is 1.39. The summed E-state index contributed by atoms with van der Waals surface area (Å²) in [4.78, 5) is 27.3. The van der Waals surface area contributed by atoms with E-state index in [1.165, 1.54) is 11.5 Å². The van der Waals surface area contributed by atoms with E-state index < -0.39 is 35.7 Å². The lowest BCUT2D eigenvalue weighted by Crippen LogP contribution is -2.39. The summed E-state index contributed by atoms with van der Waals surface area (Å²) < 4.78 is 31.5. The highest BCUT2D eigenvalue weighted by Gasteiger charge is 2.43. The Balaban J connectivity index is 1.57.